The predicted molar refractivity (Wildman–Crippen MR) is 132 cm³/mol. The van der Waals surface area contributed by atoms with E-state index in [0.29, 0.717) is 22.0 Å². The van der Waals surface area contributed by atoms with E-state index in [2.05, 4.69) is 10.6 Å². The highest BCUT2D eigenvalue weighted by Crippen LogP contribution is 2.24. The second-order valence-corrected chi connectivity index (χ2v) is 8.15. The van der Waals surface area contributed by atoms with E-state index in [0.717, 1.165) is 10.5 Å². The number of imide groups is 2. The molecule has 8 nitrogen and oxygen atoms in total. The summed E-state index contributed by atoms with van der Waals surface area (Å²) in [5.74, 6) is -1.42. The van der Waals surface area contributed by atoms with Gasteiger partial charge in [-0.25, -0.2) is 9.69 Å². The molecule has 2 N–H and O–H groups in total. The van der Waals surface area contributed by atoms with Crippen molar-refractivity contribution in [1.82, 2.24) is 5.32 Å². The minimum Gasteiger partial charge on any atom is -0.484 e. The first-order valence-corrected chi connectivity index (χ1v) is 10.9. The maximum absolute atomic E-state index is 12.9. The molecule has 1 fully saturated rings. The number of anilines is 2. The van der Waals surface area contributed by atoms with E-state index in [4.69, 9.17) is 16.3 Å². The van der Waals surface area contributed by atoms with Crippen molar-refractivity contribution in [2.45, 2.75) is 6.92 Å². The first kappa shape index (κ1) is 23.7. The number of rotatable bonds is 6. The van der Waals surface area contributed by atoms with Gasteiger partial charge in [-0.15, -0.1) is 0 Å². The van der Waals surface area contributed by atoms with Crippen LogP contribution in [0.1, 0.15) is 11.1 Å². The molecule has 0 aromatic heterocycles. The molecule has 3 aromatic carbocycles. The average Bonchev–Trinajstić information content (AvgIpc) is 2.82. The molecular formula is C26H20ClN3O5. The number of aryl methyl sites for hydroxylation is 1. The molecule has 0 unspecified atom stereocenters. The summed E-state index contributed by atoms with van der Waals surface area (Å²) >= 11 is 5.88. The van der Waals surface area contributed by atoms with Gasteiger partial charge in [-0.3, -0.25) is 19.7 Å². The normalized spacial score (nSPS) is 14.6. The van der Waals surface area contributed by atoms with Gasteiger partial charge in [0, 0.05) is 10.7 Å². The number of urea groups is 1. The molecule has 0 bridgehead atoms. The lowest BCUT2D eigenvalue weighted by Gasteiger charge is -2.26. The second kappa shape index (κ2) is 10.2. The summed E-state index contributed by atoms with van der Waals surface area (Å²) < 4.78 is 5.51. The second-order valence-electron chi connectivity index (χ2n) is 7.71. The van der Waals surface area contributed by atoms with Gasteiger partial charge in [0.25, 0.3) is 17.7 Å². The smallest absolute Gasteiger partial charge is 0.335 e. The molecule has 0 aliphatic carbocycles. The maximum atomic E-state index is 12.9. The Morgan fingerprint density at radius 3 is 2.43 bits per heavy atom. The highest BCUT2D eigenvalue weighted by Gasteiger charge is 2.36. The van der Waals surface area contributed by atoms with Crippen molar-refractivity contribution in [1.29, 1.82) is 0 Å². The molecule has 176 valence electrons. The third-order valence-corrected chi connectivity index (χ3v) is 5.30. The Balaban J connectivity index is 1.43. The van der Waals surface area contributed by atoms with Gasteiger partial charge in [0.15, 0.2) is 6.61 Å². The molecule has 1 heterocycles. The number of benzene rings is 3. The fraction of sp³-hybridized carbons (Fsp3) is 0.0769. The molecule has 0 radical (unpaired) electrons. The number of hydrogen-bond donors (Lipinski definition) is 2. The van der Waals surface area contributed by atoms with E-state index >= 15 is 0 Å². The summed E-state index contributed by atoms with van der Waals surface area (Å²) in [6.07, 6.45) is 1.38. The number of nitrogens with zero attached hydrogens (tertiary/aromatic N) is 1. The Morgan fingerprint density at radius 2 is 1.74 bits per heavy atom. The maximum Gasteiger partial charge on any atom is 0.335 e. The van der Waals surface area contributed by atoms with Crippen LogP contribution in [0, 0.1) is 6.92 Å². The van der Waals surface area contributed by atoms with Crippen molar-refractivity contribution >= 4 is 52.8 Å². The lowest BCUT2D eigenvalue weighted by molar-refractivity contribution is -0.122. The molecule has 9 heteroatoms. The molecule has 0 atom stereocenters. The molecule has 0 saturated carbocycles. The van der Waals surface area contributed by atoms with Gasteiger partial charge in [0.05, 0.1) is 5.69 Å². The van der Waals surface area contributed by atoms with Crippen LogP contribution in [0.4, 0.5) is 16.2 Å². The summed E-state index contributed by atoms with van der Waals surface area (Å²) in [5.41, 5.74) is 2.32. The Bertz CT molecular complexity index is 1330. The van der Waals surface area contributed by atoms with E-state index in [1.807, 2.05) is 25.1 Å². The fourth-order valence-electron chi connectivity index (χ4n) is 3.38. The highest BCUT2D eigenvalue weighted by molar-refractivity contribution is 6.39. The first-order chi connectivity index (χ1) is 16.8. The minimum atomic E-state index is -0.841. The predicted octanol–water partition coefficient (Wildman–Crippen LogP) is 4.33. The van der Waals surface area contributed by atoms with Crippen LogP contribution in [-0.2, 0) is 14.4 Å². The lowest BCUT2D eigenvalue weighted by Crippen LogP contribution is -2.54. The van der Waals surface area contributed by atoms with E-state index in [9.17, 15) is 19.2 Å². The van der Waals surface area contributed by atoms with Crippen LogP contribution >= 0.6 is 11.6 Å². The van der Waals surface area contributed by atoms with Gasteiger partial charge in [0.1, 0.15) is 11.3 Å². The summed E-state index contributed by atoms with van der Waals surface area (Å²) in [6.45, 7) is 1.74. The van der Waals surface area contributed by atoms with Crippen molar-refractivity contribution in [3.05, 3.63) is 94.5 Å². The average molecular weight is 490 g/mol. The number of amides is 5. The van der Waals surface area contributed by atoms with E-state index in [-0.39, 0.29) is 23.8 Å². The zero-order valence-corrected chi connectivity index (χ0v) is 19.3. The zero-order chi connectivity index (χ0) is 24.9. The topological polar surface area (TPSA) is 105 Å². The SMILES string of the molecule is Cc1cccc(NC(=O)COc2ccc(/C=C3\C(=O)NC(=O)N(c4ccc(Cl)cc4)C3=O)cc2)c1. The van der Waals surface area contributed by atoms with Gasteiger partial charge in [0.2, 0.25) is 0 Å². The largest absolute Gasteiger partial charge is 0.484 e. The number of halogens is 1. The van der Waals surface area contributed by atoms with Crippen molar-refractivity contribution in [2.24, 2.45) is 0 Å². The number of barbiturate groups is 1. The summed E-state index contributed by atoms with van der Waals surface area (Å²) in [6, 6.07) is 19.2. The molecule has 3 aromatic rings. The Hall–Kier alpha value is -4.43. The van der Waals surface area contributed by atoms with Gasteiger partial charge in [-0.2, -0.15) is 0 Å². The molecule has 1 aliphatic heterocycles. The third-order valence-electron chi connectivity index (χ3n) is 5.05. The number of ether oxygens (including phenoxy) is 1. The number of carbonyl (C=O) groups is 4. The summed E-state index contributed by atoms with van der Waals surface area (Å²) in [5, 5.41) is 5.37. The number of hydrogen-bond acceptors (Lipinski definition) is 5. The molecule has 4 rings (SSSR count). The van der Waals surface area contributed by atoms with E-state index in [1.54, 1.807) is 30.3 Å². The monoisotopic (exact) mass is 489 g/mol. The van der Waals surface area contributed by atoms with Crippen LogP contribution in [-0.4, -0.2) is 30.4 Å². The van der Waals surface area contributed by atoms with Gasteiger partial charge < -0.3 is 10.1 Å². The van der Waals surface area contributed by atoms with Crippen LogP contribution in [0.5, 0.6) is 5.75 Å². The lowest BCUT2D eigenvalue weighted by atomic mass is 10.1. The Labute approximate surface area is 206 Å². The quantitative estimate of drug-likeness (QED) is 0.396. The van der Waals surface area contributed by atoms with Gasteiger partial charge in [-0.1, -0.05) is 35.9 Å². The molecule has 1 aliphatic rings. The zero-order valence-electron chi connectivity index (χ0n) is 18.6. The van der Waals surface area contributed by atoms with Crippen molar-refractivity contribution in [3.8, 4) is 5.75 Å². The minimum absolute atomic E-state index is 0.187. The van der Waals surface area contributed by atoms with Gasteiger partial charge >= 0.3 is 6.03 Å². The van der Waals surface area contributed by atoms with Gasteiger partial charge in [-0.05, 0) is 72.7 Å². The third kappa shape index (κ3) is 5.74. The molecule has 0 spiro atoms. The van der Waals surface area contributed by atoms with Crippen LogP contribution < -0.4 is 20.3 Å². The fourth-order valence-corrected chi connectivity index (χ4v) is 3.50. The van der Waals surface area contributed by atoms with Crippen molar-refractivity contribution < 1.29 is 23.9 Å². The van der Waals surface area contributed by atoms with Crippen LogP contribution in [0.25, 0.3) is 6.08 Å². The standard InChI is InChI=1S/C26H20ClN3O5/c1-16-3-2-4-19(13-16)28-23(31)15-35-21-11-5-17(6-12-21)14-22-24(32)29-26(34)30(25(22)33)20-9-7-18(27)8-10-20/h2-14H,15H2,1H3,(H,28,31)(H,29,32,34)/b22-14+. The van der Waals surface area contributed by atoms with Crippen LogP contribution in [0.15, 0.2) is 78.4 Å². The number of nitrogens with one attached hydrogen (secondary N) is 2. The molecule has 1 saturated heterocycles. The van der Waals surface area contributed by atoms with Crippen molar-refractivity contribution in [2.75, 3.05) is 16.8 Å². The van der Waals surface area contributed by atoms with Crippen molar-refractivity contribution in [3.63, 3.8) is 0 Å². The summed E-state index contributed by atoms with van der Waals surface area (Å²) in [4.78, 5) is 50.5. The van der Waals surface area contributed by atoms with E-state index in [1.165, 1.54) is 30.3 Å². The number of carbonyl (C=O) groups excluding carboxylic acids is 4. The molecule has 35 heavy (non-hydrogen) atoms. The first-order valence-electron chi connectivity index (χ1n) is 10.6. The molecule has 5 amide bonds. The van der Waals surface area contributed by atoms with Crippen LogP contribution in [0.3, 0.4) is 0 Å². The highest BCUT2D eigenvalue weighted by atomic mass is 35.5. The Morgan fingerprint density at radius 1 is 1.03 bits per heavy atom. The summed E-state index contributed by atoms with van der Waals surface area (Å²) in [7, 11) is 0. The van der Waals surface area contributed by atoms with Crippen LogP contribution in [0.2, 0.25) is 5.02 Å². The Kier molecular flexibility index (Phi) is 6.93. The van der Waals surface area contributed by atoms with E-state index < -0.39 is 17.8 Å². The molecular weight excluding hydrogens is 470 g/mol.